The number of aromatic carboxylic acids is 1. The Morgan fingerprint density at radius 2 is 2.15 bits per heavy atom. The molecule has 0 spiro atoms. The highest BCUT2D eigenvalue weighted by atomic mass is 16.5. The van der Waals surface area contributed by atoms with Gasteiger partial charge < -0.3 is 15.2 Å². The molecule has 1 unspecified atom stereocenters. The van der Waals surface area contributed by atoms with Crippen LogP contribution in [-0.4, -0.2) is 47.2 Å². The fourth-order valence-corrected chi connectivity index (χ4v) is 2.98. The van der Waals surface area contributed by atoms with Crippen LogP contribution in [0.3, 0.4) is 0 Å². The Balaban J connectivity index is 0.000000228. The molecule has 1 atom stereocenters. The largest absolute Gasteiger partial charge is 0.477 e. The molecule has 2 N–H and O–H groups in total. The predicted octanol–water partition coefficient (Wildman–Crippen LogP) is 2.68. The van der Waals surface area contributed by atoms with Gasteiger partial charge in [-0.25, -0.2) is 4.79 Å². The van der Waals surface area contributed by atoms with Crippen LogP contribution in [0.4, 0.5) is 0 Å². The number of carbonyl (C=O) groups is 1. The van der Waals surface area contributed by atoms with Gasteiger partial charge in [0.25, 0.3) is 0 Å². The van der Waals surface area contributed by atoms with Gasteiger partial charge in [0, 0.05) is 25.6 Å². The molecule has 0 saturated carbocycles. The van der Waals surface area contributed by atoms with Crippen molar-refractivity contribution in [3.8, 4) is 0 Å². The third-order valence-electron chi connectivity index (χ3n) is 4.40. The first-order valence-corrected chi connectivity index (χ1v) is 9.12. The summed E-state index contributed by atoms with van der Waals surface area (Å²) in [6.45, 7) is 9.73. The van der Waals surface area contributed by atoms with Gasteiger partial charge in [-0.1, -0.05) is 31.2 Å². The van der Waals surface area contributed by atoms with E-state index in [2.05, 4.69) is 48.5 Å². The Bertz CT molecular complexity index is 704. The predicted molar refractivity (Wildman–Crippen MR) is 102 cm³/mol. The number of hydrogen-bond acceptors (Lipinski definition) is 4. The lowest BCUT2D eigenvalue weighted by molar-refractivity contribution is 0.0677. The molecule has 1 aliphatic heterocycles. The van der Waals surface area contributed by atoms with Gasteiger partial charge in [-0.2, -0.15) is 5.10 Å². The molecule has 3 rings (SSSR count). The molecule has 6 nitrogen and oxygen atoms in total. The SMILES string of the molecule is CCc1ccccc1C.Cc1cc(C(=O)O)n(CC2CNCCOC2)n1. The maximum absolute atomic E-state index is 11.0. The van der Waals surface area contributed by atoms with Crippen LogP contribution in [0.25, 0.3) is 0 Å². The summed E-state index contributed by atoms with van der Waals surface area (Å²) in [7, 11) is 0. The number of nitrogens with one attached hydrogen (secondary N) is 1. The second-order valence-electron chi connectivity index (χ2n) is 6.58. The van der Waals surface area contributed by atoms with Crippen molar-refractivity contribution < 1.29 is 14.6 Å². The van der Waals surface area contributed by atoms with Crippen molar-refractivity contribution in [2.24, 2.45) is 5.92 Å². The van der Waals surface area contributed by atoms with Crippen LogP contribution in [-0.2, 0) is 17.7 Å². The van der Waals surface area contributed by atoms with Crippen molar-refractivity contribution in [1.29, 1.82) is 0 Å². The van der Waals surface area contributed by atoms with E-state index in [1.54, 1.807) is 17.7 Å². The molecule has 142 valence electrons. The number of aryl methyl sites for hydroxylation is 3. The molecule has 26 heavy (non-hydrogen) atoms. The summed E-state index contributed by atoms with van der Waals surface area (Å²) >= 11 is 0. The number of rotatable bonds is 4. The van der Waals surface area contributed by atoms with Crippen LogP contribution < -0.4 is 5.32 Å². The zero-order chi connectivity index (χ0) is 18.9. The number of carboxylic acids is 1. The minimum Gasteiger partial charge on any atom is -0.477 e. The molecule has 2 heterocycles. The summed E-state index contributed by atoms with van der Waals surface area (Å²) in [5, 5.41) is 16.5. The quantitative estimate of drug-likeness (QED) is 0.878. The van der Waals surface area contributed by atoms with Gasteiger partial charge in [0.15, 0.2) is 0 Å². The number of ether oxygens (including phenoxy) is 1. The van der Waals surface area contributed by atoms with E-state index in [4.69, 9.17) is 9.84 Å². The number of nitrogens with zero attached hydrogens (tertiary/aromatic N) is 2. The summed E-state index contributed by atoms with van der Waals surface area (Å²) < 4.78 is 6.99. The smallest absolute Gasteiger partial charge is 0.354 e. The summed E-state index contributed by atoms with van der Waals surface area (Å²) in [6.07, 6.45) is 1.15. The highest BCUT2D eigenvalue weighted by Gasteiger charge is 2.18. The highest BCUT2D eigenvalue weighted by Crippen LogP contribution is 2.09. The van der Waals surface area contributed by atoms with Crippen LogP contribution in [0.5, 0.6) is 0 Å². The number of aromatic nitrogens is 2. The van der Waals surface area contributed by atoms with Crippen LogP contribution in [0.15, 0.2) is 30.3 Å². The Morgan fingerprint density at radius 3 is 2.81 bits per heavy atom. The monoisotopic (exact) mass is 359 g/mol. The third kappa shape index (κ3) is 5.97. The van der Waals surface area contributed by atoms with Gasteiger partial charge in [-0.05, 0) is 37.5 Å². The van der Waals surface area contributed by atoms with E-state index in [0.717, 1.165) is 25.2 Å². The number of carboxylic acid groups (broad SMARTS) is 1. The Labute approximate surface area is 155 Å². The Hall–Kier alpha value is -2.18. The van der Waals surface area contributed by atoms with Gasteiger partial charge in [0.1, 0.15) is 5.69 Å². The summed E-state index contributed by atoms with van der Waals surface area (Å²) in [5.74, 6) is -0.678. The van der Waals surface area contributed by atoms with E-state index in [1.807, 2.05) is 0 Å². The number of hydrogen-bond donors (Lipinski definition) is 2. The summed E-state index contributed by atoms with van der Waals surface area (Å²) in [4.78, 5) is 11.0. The van der Waals surface area contributed by atoms with Gasteiger partial charge in [-0.15, -0.1) is 0 Å². The molecule has 2 aromatic rings. The van der Waals surface area contributed by atoms with Gasteiger partial charge in [0.2, 0.25) is 0 Å². The molecular weight excluding hydrogens is 330 g/mol. The first-order chi connectivity index (χ1) is 12.5. The fourth-order valence-electron chi connectivity index (χ4n) is 2.98. The molecule has 1 fully saturated rings. The van der Waals surface area contributed by atoms with Crippen molar-refractivity contribution in [2.75, 3.05) is 26.3 Å². The molecule has 6 heteroatoms. The van der Waals surface area contributed by atoms with Crippen LogP contribution in [0.2, 0.25) is 0 Å². The average Bonchev–Trinajstić information content (AvgIpc) is 2.81. The minimum absolute atomic E-state index is 0.242. The van der Waals surface area contributed by atoms with Gasteiger partial charge in [-0.3, -0.25) is 4.68 Å². The topological polar surface area (TPSA) is 76.4 Å². The van der Waals surface area contributed by atoms with E-state index < -0.39 is 5.97 Å². The van der Waals surface area contributed by atoms with Crippen molar-refractivity contribution in [2.45, 2.75) is 33.7 Å². The van der Waals surface area contributed by atoms with E-state index in [1.165, 1.54) is 11.1 Å². The van der Waals surface area contributed by atoms with Crippen LogP contribution in [0, 0.1) is 19.8 Å². The molecule has 0 aliphatic carbocycles. The fraction of sp³-hybridized carbons (Fsp3) is 0.500. The Kier molecular flexibility index (Phi) is 7.81. The zero-order valence-electron chi connectivity index (χ0n) is 15.9. The second kappa shape index (κ2) is 10.1. The second-order valence-corrected chi connectivity index (χ2v) is 6.58. The molecule has 1 aromatic heterocycles. The van der Waals surface area contributed by atoms with E-state index in [-0.39, 0.29) is 11.6 Å². The maximum Gasteiger partial charge on any atom is 0.354 e. The van der Waals surface area contributed by atoms with Crippen LogP contribution in [0.1, 0.15) is 34.2 Å². The molecule has 0 amide bonds. The van der Waals surface area contributed by atoms with Crippen molar-refractivity contribution in [3.05, 3.63) is 52.8 Å². The third-order valence-corrected chi connectivity index (χ3v) is 4.40. The lowest BCUT2D eigenvalue weighted by atomic mass is 10.1. The lowest BCUT2D eigenvalue weighted by Crippen LogP contribution is -2.27. The molecule has 0 bridgehead atoms. The molecule has 1 saturated heterocycles. The van der Waals surface area contributed by atoms with E-state index in [9.17, 15) is 4.79 Å². The molecular formula is C20H29N3O3. The summed E-state index contributed by atoms with van der Waals surface area (Å²) in [6, 6.07) is 10.1. The zero-order valence-corrected chi connectivity index (χ0v) is 15.9. The van der Waals surface area contributed by atoms with Crippen molar-refractivity contribution in [1.82, 2.24) is 15.1 Å². The first kappa shape index (κ1) is 20.1. The van der Waals surface area contributed by atoms with Crippen molar-refractivity contribution in [3.63, 3.8) is 0 Å². The molecule has 1 aliphatic rings. The number of benzene rings is 1. The van der Waals surface area contributed by atoms with E-state index >= 15 is 0 Å². The molecule has 1 aromatic carbocycles. The highest BCUT2D eigenvalue weighted by molar-refractivity contribution is 5.85. The molecule has 0 radical (unpaired) electrons. The maximum atomic E-state index is 11.0. The first-order valence-electron chi connectivity index (χ1n) is 9.12. The van der Waals surface area contributed by atoms with Crippen LogP contribution >= 0.6 is 0 Å². The van der Waals surface area contributed by atoms with E-state index in [0.29, 0.717) is 19.8 Å². The minimum atomic E-state index is -0.937. The standard InChI is InChI=1S/C11H17N3O3.C9H12/c1-8-4-10(11(15)16)14(13-8)6-9-5-12-2-3-17-7-9;1-3-9-7-5-4-6-8(9)2/h4,9,12H,2-3,5-7H2,1H3,(H,15,16);4-7H,3H2,1-2H3. The van der Waals surface area contributed by atoms with Gasteiger partial charge in [0.05, 0.1) is 18.9 Å². The van der Waals surface area contributed by atoms with Crippen molar-refractivity contribution >= 4 is 5.97 Å². The summed E-state index contributed by atoms with van der Waals surface area (Å²) in [5.41, 5.74) is 3.83. The average molecular weight is 359 g/mol. The normalized spacial score (nSPS) is 17.1. The Morgan fingerprint density at radius 1 is 1.38 bits per heavy atom. The van der Waals surface area contributed by atoms with Gasteiger partial charge >= 0.3 is 5.97 Å². The lowest BCUT2D eigenvalue weighted by Gasteiger charge is -2.14.